The van der Waals surface area contributed by atoms with Crippen LogP contribution in [0.5, 0.6) is 0 Å². The number of hydrogen-bond acceptors (Lipinski definition) is 2. The van der Waals surface area contributed by atoms with Crippen molar-refractivity contribution in [3.05, 3.63) is 23.3 Å². The molecule has 1 unspecified atom stereocenters. The van der Waals surface area contributed by atoms with E-state index in [1.54, 1.807) is 0 Å². The summed E-state index contributed by atoms with van der Waals surface area (Å²) in [5, 5.41) is 0. The smallest absolute Gasteiger partial charge is 0.156 e. The molecule has 4 rings (SSSR count). The Balaban J connectivity index is 1.82. The van der Waals surface area contributed by atoms with Crippen LogP contribution in [0.15, 0.2) is 23.3 Å². The van der Waals surface area contributed by atoms with Crippen molar-refractivity contribution in [2.24, 2.45) is 34.0 Å². The third-order valence-electron chi connectivity index (χ3n) is 9.58. The molecule has 0 aromatic heterocycles. The van der Waals surface area contributed by atoms with Gasteiger partial charge in [0.15, 0.2) is 5.78 Å². The van der Waals surface area contributed by atoms with Gasteiger partial charge in [0.05, 0.1) is 0 Å². The first-order chi connectivity index (χ1) is 12.2. The van der Waals surface area contributed by atoms with Gasteiger partial charge in [-0.2, -0.15) is 0 Å². The van der Waals surface area contributed by atoms with Crippen LogP contribution in [0.1, 0.15) is 79.6 Å². The standard InChI is InChI=1S/C24H34O2/c1-6-24-12-7-17(26)14-21(24)15(2)13-18-19-8-10-22(4,16(3)25)23(19,5)11-9-20(18)24/h13-14,18-20H,6-12H2,1-5H3/t18-,19-,20-,22+,23-,24?/m0/s1. The van der Waals surface area contributed by atoms with Gasteiger partial charge in [-0.25, -0.2) is 0 Å². The molecular formula is C24H34O2. The first-order valence-corrected chi connectivity index (χ1v) is 10.6. The van der Waals surface area contributed by atoms with Gasteiger partial charge in [-0.3, -0.25) is 9.59 Å². The van der Waals surface area contributed by atoms with Crippen molar-refractivity contribution < 1.29 is 9.59 Å². The van der Waals surface area contributed by atoms with Gasteiger partial charge in [0.25, 0.3) is 0 Å². The predicted octanol–water partition coefficient (Wildman–Crippen LogP) is 5.67. The lowest BCUT2D eigenvalue weighted by molar-refractivity contribution is -0.137. The molecule has 4 aliphatic carbocycles. The number of fused-ring (bicyclic) bond motifs is 5. The molecule has 0 amide bonds. The Labute approximate surface area is 158 Å². The lowest BCUT2D eigenvalue weighted by Gasteiger charge is -2.59. The van der Waals surface area contributed by atoms with Gasteiger partial charge in [-0.15, -0.1) is 0 Å². The van der Waals surface area contributed by atoms with E-state index in [4.69, 9.17) is 0 Å². The van der Waals surface area contributed by atoms with E-state index in [1.807, 2.05) is 13.0 Å². The Kier molecular flexibility index (Phi) is 3.96. The first kappa shape index (κ1) is 18.2. The van der Waals surface area contributed by atoms with E-state index in [9.17, 15) is 9.59 Å². The molecule has 0 bridgehead atoms. The summed E-state index contributed by atoms with van der Waals surface area (Å²) in [6.45, 7) is 11.0. The summed E-state index contributed by atoms with van der Waals surface area (Å²) in [4.78, 5) is 24.7. The molecule has 0 aliphatic heterocycles. The molecule has 0 aromatic rings. The molecule has 0 spiro atoms. The Bertz CT molecular complexity index is 728. The molecule has 0 aromatic carbocycles. The molecule has 2 saturated carbocycles. The zero-order chi connectivity index (χ0) is 18.9. The highest BCUT2D eigenvalue weighted by molar-refractivity contribution is 5.92. The summed E-state index contributed by atoms with van der Waals surface area (Å²) in [7, 11) is 0. The summed E-state index contributed by atoms with van der Waals surface area (Å²) in [6.07, 6.45) is 11.9. The molecule has 6 atom stereocenters. The summed E-state index contributed by atoms with van der Waals surface area (Å²) >= 11 is 0. The van der Waals surface area contributed by atoms with Crippen LogP contribution in [0.25, 0.3) is 0 Å². The second-order valence-corrected chi connectivity index (χ2v) is 10.1. The highest BCUT2D eigenvalue weighted by Gasteiger charge is 2.64. The Hall–Kier alpha value is -1.18. The molecule has 0 N–H and O–H groups in total. The monoisotopic (exact) mass is 354 g/mol. The highest BCUT2D eigenvalue weighted by atomic mass is 16.1. The van der Waals surface area contributed by atoms with E-state index in [-0.39, 0.29) is 16.2 Å². The van der Waals surface area contributed by atoms with Gasteiger partial charge >= 0.3 is 0 Å². The van der Waals surface area contributed by atoms with Crippen molar-refractivity contribution in [3.8, 4) is 0 Å². The topological polar surface area (TPSA) is 34.1 Å². The number of allylic oxidation sites excluding steroid dienone is 4. The average Bonchev–Trinajstić information content (AvgIpc) is 2.88. The minimum absolute atomic E-state index is 0.122. The largest absolute Gasteiger partial charge is 0.299 e. The molecule has 4 aliphatic rings. The molecule has 0 saturated heterocycles. The van der Waals surface area contributed by atoms with Crippen molar-refractivity contribution in [2.45, 2.75) is 79.6 Å². The van der Waals surface area contributed by atoms with Gasteiger partial charge in [-0.05, 0) is 92.6 Å². The average molecular weight is 355 g/mol. The fourth-order valence-electron chi connectivity index (χ4n) is 7.68. The Morgan fingerprint density at radius 1 is 1.15 bits per heavy atom. The number of carbonyl (C=O) groups excluding carboxylic acids is 2. The second kappa shape index (κ2) is 5.66. The maximum absolute atomic E-state index is 12.6. The quantitative estimate of drug-likeness (QED) is 0.640. The van der Waals surface area contributed by atoms with Crippen molar-refractivity contribution in [1.29, 1.82) is 0 Å². The maximum Gasteiger partial charge on any atom is 0.156 e. The fourth-order valence-corrected chi connectivity index (χ4v) is 7.68. The minimum Gasteiger partial charge on any atom is -0.299 e. The number of ketones is 2. The normalized spacial score (nSPS) is 47.4. The van der Waals surface area contributed by atoms with Crippen LogP contribution in [0, 0.1) is 34.0 Å². The lowest BCUT2D eigenvalue weighted by atomic mass is 9.45. The number of carbonyl (C=O) groups is 2. The molecule has 0 heterocycles. The number of rotatable bonds is 2. The molecule has 0 radical (unpaired) electrons. The summed E-state index contributed by atoms with van der Waals surface area (Å²) in [6, 6.07) is 0. The van der Waals surface area contributed by atoms with E-state index in [0.29, 0.717) is 35.7 Å². The van der Waals surface area contributed by atoms with E-state index < -0.39 is 0 Å². The number of hydrogen-bond donors (Lipinski definition) is 0. The summed E-state index contributed by atoms with van der Waals surface area (Å²) in [5.74, 6) is 2.50. The van der Waals surface area contributed by atoms with Gasteiger partial charge in [-0.1, -0.05) is 32.4 Å². The molecule has 26 heavy (non-hydrogen) atoms. The van der Waals surface area contributed by atoms with E-state index >= 15 is 0 Å². The molecule has 2 heteroatoms. The third-order valence-corrected chi connectivity index (χ3v) is 9.58. The van der Waals surface area contributed by atoms with E-state index in [0.717, 1.165) is 25.7 Å². The van der Waals surface area contributed by atoms with Crippen LogP contribution in [0.4, 0.5) is 0 Å². The zero-order valence-electron chi connectivity index (χ0n) is 17.2. The second-order valence-electron chi connectivity index (χ2n) is 10.1. The summed E-state index contributed by atoms with van der Waals surface area (Å²) in [5.41, 5.74) is 2.82. The Morgan fingerprint density at radius 2 is 1.85 bits per heavy atom. The van der Waals surface area contributed by atoms with Crippen LogP contribution in [-0.2, 0) is 9.59 Å². The van der Waals surface area contributed by atoms with Crippen molar-refractivity contribution >= 4 is 11.6 Å². The minimum atomic E-state index is -0.164. The van der Waals surface area contributed by atoms with Gasteiger partial charge in [0.2, 0.25) is 0 Å². The van der Waals surface area contributed by atoms with Crippen LogP contribution in [0.3, 0.4) is 0 Å². The third kappa shape index (κ3) is 2.05. The van der Waals surface area contributed by atoms with Crippen molar-refractivity contribution in [1.82, 2.24) is 0 Å². The SMILES string of the molecule is CCC12CCC(=O)C=C1C(C)=C[C@@H]1[C@@H]2CC[C@@]2(C)[C@H]1CC[C@]2(C)C(C)=O. The highest BCUT2D eigenvalue weighted by Crippen LogP contribution is 2.70. The number of Topliss-reactive ketones (excluding diaryl/α,β-unsaturated/α-hetero) is 1. The summed E-state index contributed by atoms with van der Waals surface area (Å²) < 4.78 is 0. The van der Waals surface area contributed by atoms with Crippen LogP contribution in [-0.4, -0.2) is 11.6 Å². The molecule has 142 valence electrons. The molecule has 2 nitrogen and oxygen atoms in total. The van der Waals surface area contributed by atoms with Crippen molar-refractivity contribution in [2.75, 3.05) is 0 Å². The van der Waals surface area contributed by atoms with Crippen molar-refractivity contribution in [3.63, 3.8) is 0 Å². The predicted molar refractivity (Wildman–Crippen MR) is 105 cm³/mol. The van der Waals surface area contributed by atoms with E-state index in [1.165, 1.54) is 24.0 Å². The van der Waals surface area contributed by atoms with Gasteiger partial charge < -0.3 is 0 Å². The zero-order valence-corrected chi connectivity index (χ0v) is 17.2. The van der Waals surface area contributed by atoms with Crippen LogP contribution < -0.4 is 0 Å². The van der Waals surface area contributed by atoms with Gasteiger partial charge in [0, 0.05) is 11.8 Å². The van der Waals surface area contributed by atoms with Crippen LogP contribution in [0.2, 0.25) is 0 Å². The molecule has 2 fully saturated rings. The van der Waals surface area contributed by atoms with Crippen LogP contribution >= 0.6 is 0 Å². The lowest BCUT2D eigenvalue weighted by Crippen LogP contribution is -2.53. The molecular weight excluding hydrogens is 320 g/mol. The Morgan fingerprint density at radius 3 is 2.50 bits per heavy atom. The van der Waals surface area contributed by atoms with Gasteiger partial charge in [0.1, 0.15) is 5.78 Å². The first-order valence-electron chi connectivity index (χ1n) is 10.6. The van der Waals surface area contributed by atoms with E-state index in [2.05, 4.69) is 33.8 Å². The fraction of sp³-hybridized carbons (Fsp3) is 0.750. The maximum atomic E-state index is 12.6.